The summed E-state index contributed by atoms with van der Waals surface area (Å²) >= 11 is 0. The second-order valence-corrected chi connectivity index (χ2v) is 8.09. The Bertz CT molecular complexity index is 1000. The first-order chi connectivity index (χ1) is 13.8. The third-order valence-corrected chi connectivity index (χ3v) is 4.94. The molecular weight excluding hydrogens is 400 g/mol. The number of ether oxygens (including phenoxy) is 3. The molecule has 1 aromatic carbocycles. The van der Waals surface area contributed by atoms with E-state index in [4.69, 9.17) is 14.2 Å². The van der Waals surface area contributed by atoms with Crippen LogP contribution in [0.4, 0.5) is 0 Å². The van der Waals surface area contributed by atoms with Crippen LogP contribution in [0.1, 0.15) is 28.6 Å². The van der Waals surface area contributed by atoms with Crippen LogP contribution in [-0.2, 0) is 25.0 Å². The van der Waals surface area contributed by atoms with E-state index in [0.29, 0.717) is 11.1 Å². The Kier molecular flexibility index (Phi) is 6.78. The van der Waals surface area contributed by atoms with Gasteiger partial charge in [-0.05, 0) is 19.1 Å². The molecular formula is C19H22N2O7S. The SMILES string of the molecule is Cc1cn(C2CC(OCS(C)=O)C(COC(=O)c3ccccc3)O2)c(=O)[nH]c1=O. The number of H-pyrrole nitrogens is 1. The van der Waals surface area contributed by atoms with Crippen molar-refractivity contribution < 1.29 is 23.2 Å². The highest BCUT2D eigenvalue weighted by Gasteiger charge is 2.38. The number of nitrogens with one attached hydrogen (secondary N) is 1. The van der Waals surface area contributed by atoms with Crippen LogP contribution in [0.2, 0.25) is 0 Å². The minimum absolute atomic E-state index is 0.0105. The zero-order valence-electron chi connectivity index (χ0n) is 16.0. The number of carbonyl (C=O) groups excluding carboxylic acids is 1. The zero-order valence-corrected chi connectivity index (χ0v) is 16.8. The van der Waals surface area contributed by atoms with Gasteiger partial charge < -0.3 is 14.2 Å². The molecule has 4 atom stereocenters. The second kappa shape index (κ2) is 9.29. The van der Waals surface area contributed by atoms with Crippen molar-refractivity contribution in [1.82, 2.24) is 9.55 Å². The standard InChI is InChI=1S/C19H22N2O7S/c1-12-9-21(19(24)20-17(12)22)16-8-14(27-11-29(2)25)15(28-16)10-26-18(23)13-6-4-3-5-7-13/h3-7,9,14-16H,8,10-11H2,1-2H3,(H,20,22,24). The van der Waals surface area contributed by atoms with E-state index in [0.717, 1.165) is 0 Å². The Morgan fingerprint density at radius 1 is 1.31 bits per heavy atom. The van der Waals surface area contributed by atoms with E-state index in [1.165, 1.54) is 17.0 Å². The van der Waals surface area contributed by atoms with Crippen molar-refractivity contribution in [1.29, 1.82) is 0 Å². The van der Waals surface area contributed by atoms with E-state index in [1.54, 1.807) is 37.3 Å². The topological polar surface area (TPSA) is 117 Å². The lowest BCUT2D eigenvalue weighted by atomic mass is 10.2. The Hall–Kier alpha value is -2.56. The minimum atomic E-state index is -1.19. The highest BCUT2D eigenvalue weighted by molar-refractivity contribution is 7.84. The van der Waals surface area contributed by atoms with Gasteiger partial charge in [-0.15, -0.1) is 0 Å². The molecule has 1 aromatic heterocycles. The van der Waals surface area contributed by atoms with E-state index in [2.05, 4.69) is 4.98 Å². The van der Waals surface area contributed by atoms with E-state index >= 15 is 0 Å². The number of benzene rings is 1. The van der Waals surface area contributed by atoms with Gasteiger partial charge in [0.25, 0.3) is 5.56 Å². The van der Waals surface area contributed by atoms with Crippen molar-refractivity contribution in [3.63, 3.8) is 0 Å². The molecule has 4 unspecified atom stereocenters. The first kappa shape index (κ1) is 21.2. The molecule has 1 aliphatic rings. The molecule has 1 fully saturated rings. The number of aromatic nitrogens is 2. The summed E-state index contributed by atoms with van der Waals surface area (Å²) < 4.78 is 29.6. The maximum absolute atomic E-state index is 12.2. The molecule has 10 heteroatoms. The summed E-state index contributed by atoms with van der Waals surface area (Å²) in [5.74, 6) is -0.517. The van der Waals surface area contributed by atoms with E-state index in [-0.39, 0.29) is 19.0 Å². The lowest BCUT2D eigenvalue weighted by Crippen LogP contribution is -2.33. The number of hydrogen-bond acceptors (Lipinski definition) is 7. The molecule has 0 saturated carbocycles. The molecule has 1 N–H and O–H groups in total. The van der Waals surface area contributed by atoms with Gasteiger partial charge in [0, 0.05) is 35.2 Å². The Balaban J connectivity index is 1.74. The molecule has 2 aromatic rings. The molecule has 0 bridgehead atoms. The smallest absolute Gasteiger partial charge is 0.338 e. The normalized spacial score (nSPS) is 22.3. The first-order valence-corrected chi connectivity index (χ1v) is 10.7. The Morgan fingerprint density at radius 3 is 2.72 bits per heavy atom. The average Bonchev–Trinajstić information content (AvgIpc) is 3.10. The van der Waals surface area contributed by atoms with Crippen LogP contribution in [0.15, 0.2) is 46.1 Å². The highest BCUT2D eigenvalue weighted by Crippen LogP contribution is 2.30. The van der Waals surface area contributed by atoms with Crippen molar-refractivity contribution in [2.45, 2.75) is 31.8 Å². The number of esters is 1. The fraction of sp³-hybridized carbons (Fsp3) is 0.421. The predicted molar refractivity (Wildman–Crippen MR) is 105 cm³/mol. The summed E-state index contributed by atoms with van der Waals surface area (Å²) in [7, 11) is -1.19. The largest absolute Gasteiger partial charge is 0.459 e. The molecule has 9 nitrogen and oxygen atoms in total. The lowest BCUT2D eigenvalue weighted by molar-refractivity contribution is -0.0619. The first-order valence-electron chi connectivity index (χ1n) is 8.96. The van der Waals surface area contributed by atoms with Crippen LogP contribution in [0.3, 0.4) is 0 Å². The van der Waals surface area contributed by atoms with Crippen LogP contribution in [0.25, 0.3) is 0 Å². The maximum Gasteiger partial charge on any atom is 0.338 e. The third-order valence-electron chi connectivity index (χ3n) is 4.47. The van der Waals surface area contributed by atoms with Crippen LogP contribution >= 0.6 is 0 Å². The second-order valence-electron chi connectivity index (χ2n) is 6.70. The van der Waals surface area contributed by atoms with E-state index in [1.807, 2.05) is 0 Å². The number of aromatic amines is 1. The molecule has 0 amide bonds. The average molecular weight is 422 g/mol. The van der Waals surface area contributed by atoms with Gasteiger partial charge in [-0.25, -0.2) is 9.59 Å². The molecule has 1 saturated heterocycles. The molecule has 156 valence electrons. The van der Waals surface area contributed by atoms with Gasteiger partial charge in [-0.3, -0.25) is 18.6 Å². The summed E-state index contributed by atoms with van der Waals surface area (Å²) in [6.07, 6.45) is 1.29. The maximum atomic E-state index is 12.2. The number of carbonyl (C=O) groups is 1. The fourth-order valence-electron chi connectivity index (χ4n) is 3.00. The van der Waals surface area contributed by atoms with Crippen molar-refractivity contribution in [2.75, 3.05) is 18.8 Å². The number of nitrogens with zero attached hydrogens (tertiary/aromatic N) is 1. The molecule has 2 heterocycles. The molecule has 0 aliphatic carbocycles. The summed E-state index contributed by atoms with van der Waals surface area (Å²) in [6.45, 7) is 1.49. The summed E-state index contributed by atoms with van der Waals surface area (Å²) in [5, 5.41) is 0. The molecule has 0 radical (unpaired) electrons. The number of hydrogen-bond donors (Lipinski definition) is 1. The van der Waals surface area contributed by atoms with Gasteiger partial charge in [-0.2, -0.15) is 0 Å². The lowest BCUT2D eigenvalue weighted by Gasteiger charge is -2.18. The van der Waals surface area contributed by atoms with Gasteiger partial charge in [0.05, 0.1) is 11.7 Å². The summed E-state index contributed by atoms with van der Waals surface area (Å²) in [5.41, 5.74) is -0.307. The Labute approximate surface area is 169 Å². The van der Waals surface area contributed by atoms with Gasteiger partial charge in [0.15, 0.2) is 0 Å². The molecule has 29 heavy (non-hydrogen) atoms. The van der Waals surface area contributed by atoms with Crippen LogP contribution < -0.4 is 11.2 Å². The number of rotatable bonds is 7. The van der Waals surface area contributed by atoms with Gasteiger partial charge in [0.2, 0.25) is 0 Å². The van der Waals surface area contributed by atoms with Crippen LogP contribution in [0.5, 0.6) is 0 Å². The van der Waals surface area contributed by atoms with Gasteiger partial charge in [-0.1, -0.05) is 18.2 Å². The minimum Gasteiger partial charge on any atom is -0.459 e. The molecule has 0 spiro atoms. The number of aryl methyl sites for hydroxylation is 1. The van der Waals surface area contributed by atoms with Crippen LogP contribution in [0, 0.1) is 6.92 Å². The zero-order chi connectivity index (χ0) is 21.0. The van der Waals surface area contributed by atoms with E-state index < -0.39 is 46.5 Å². The van der Waals surface area contributed by atoms with Crippen molar-refractivity contribution in [3.05, 3.63) is 68.5 Å². The Morgan fingerprint density at radius 2 is 2.03 bits per heavy atom. The highest BCUT2D eigenvalue weighted by atomic mass is 32.2. The van der Waals surface area contributed by atoms with E-state index in [9.17, 15) is 18.6 Å². The summed E-state index contributed by atoms with van der Waals surface area (Å²) in [6, 6.07) is 8.52. The quantitative estimate of drug-likeness (QED) is 0.653. The van der Waals surface area contributed by atoms with Crippen molar-refractivity contribution in [2.24, 2.45) is 0 Å². The monoisotopic (exact) mass is 422 g/mol. The summed E-state index contributed by atoms with van der Waals surface area (Å²) in [4.78, 5) is 38.2. The van der Waals surface area contributed by atoms with Crippen molar-refractivity contribution >= 4 is 16.8 Å². The van der Waals surface area contributed by atoms with Gasteiger partial charge in [0.1, 0.15) is 24.9 Å². The third kappa shape index (κ3) is 5.28. The van der Waals surface area contributed by atoms with Crippen molar-refractivity contribution in [3.8, 4) is 0 Å². The van der Waals surface area contributed by atoms with Gasteiger partial charge >= 0.3 is 11.7 Å². The molecule has 1 aliphatic heterocycles. The molecule has 3 rings (SSSR count). The predicted octanol–water partition coefficient (Wildman–Crippen LogP) is 0.711. The fourth-order valence-corrected chi connectivity index (χ4v) is 3.36. The van der Waals surface area contributed by atoms with Crippen LogP contribution in [-0.4, -0.2) is 50.7 Å².